The highest BCUT2D eigenvalue weighted by atomic mass is 16.6. The zero-order chi connectivity index (χ0) is 33.0. The molecule has 0 aromatic heterocycles. The summed E-state index contributed by atoms with van der Waals surface area (Å²) in [5, 5.41) is 32.7. The van der Waals surface area contributed by atoms with E-state index in [0.717, 1.165) is 12.0 Å². The van der Waals surface area contributed by atoms with Crippen molar-refractivity contribution in [1.82, 2.24) is 0 Å². The smallest absolute Gasteiger partial charge is 0.404 e. The number of primary amides is 1. The van der Waals surface area contributed by atoms with Crippen LogP contribution in [0.15, 0.2) is 36.0 Å². The zero-order valence-electron chi connectivity index (χ0n) is 28.0. The fourth-order valence-corrected chi connectivity index (χ4v) is 6.30. The van der Waals surface area contributed by atoms with E-state index in [0.29, 0.717) is 6.42 Å². The Balaban J connectivity index is 2.77. The van der Waals surface area contributed by atoms with Gasteiger partial charge in [0.05, 0.1) is 30.3 Å². The van der Waals surface area contributed by atoms with Gasteiger partial charge in [-0.3, -0.25) is 4.79 Å². The van der Waals surface area contributed by atoms with Gasteiger partial charge < -0.3 is 35.3 Å². The number of esters is 1. The molecule has 0 aromatic carbocycles. The number of hydrogen-bond acceptors (Lipinski definition) is 8. The van der Waals surface area contributed by atoms with Crippen molar-refractivity contribution in [2.75, 3.05) is 7.11 Å². The van der Waals surface area contributed by atoms with Crippen molar-refractivity contribution in [3.8, 4) is 0 Å². The minimum atomic E-state index is -0.857. The lowest BCUT2D eigenvalue weighted by atomic mass is 9.81. The first kappa shape index (κ1) is 38.8. The fraction of sp³-hybridized carbons (Fsp3) is 0.765. The number of aliphatic hydroxyl groups excluding tert-OH is 3. The van der Waals surface area contributed by atoms with Gasteiger partial charge in [0.15, 0.2) is 0 Å². The lowest BCUT2D eigenvalue weighted by Gasteiger charge is -2.38. The normalized spacial score (nSPS) is 28.0. The number of cyclic esters (lactones) is 1. The maximum atomic E-state index is 12.2. The molecule has 0 spiro atoms. The van der Waals surface area contributed by atoms with Crippen molar-refractivity contribution in [2.45, 2.75) is 118 Å². The Morgan fingerprint density at radius 3 is 2.19 bits per heavy atom. The van der Waals surface area contributed by atoms with Crippen molar-refractivity contribution in [1.29, 1.82) is 0 Å². The first-order chi connectivity index (χ1) is 20.0. The molecule has 5 N–H and O–H groups in total. The predicted octanol–water partition coefficient (Wildman–Crippen LogP) is 5.18. The first-order valence-electron chi connectivity index (χ1n) is 15.8. The number of carbonyl (C=O) groups excluding carboxylic acids is 2. The number of ether oxygens (including phenoxy) is 3. The van der Waals surface area contributed by atoms with Gasteiger partial charge in [0.25, 0.3) is 0 Å². The third kappa shape index (κ3) is 12.0. The van der Waals surface area contributed by atoms with Crippen molar-refractivity contribution in [3.63, 3.8) is 0 Å². The number of allylic oxidation sites excluding steroid dienone is 2. The minimum absolute atomic E-state index is 0.0522. The van der Waals surface area contributed by atoms with Crippen molar-refractivity contribution < 1.29 is 39.1 Å². The number of hydrogen-bond donors (Lipinski definition) is 4. The highest BCUT2D eigenvalue weighted by molar-refractivity contribution is 5.74. The number of amides is 1. The number of nitrogens with two attached hydrogens (primary N) is 1. The average Bonchev–Trinajstić information content (AvgIpc) is 2.94. The Kier molecular flexibility index (Phi) is 16.8. The Morgan fingerprint density at radius 2 is 1.63 bits per heavy atom. The molecular formula is C34H59NO8. The number of aliphatic hydroxyl groups is 3. The molecule has 43 heavy (non-hydrogen) atoms. The van der Waals surface area contributed by atoms with Crippen LogP contribution in [0.4, 0.5) is 4.79 Å². The fourth-order valence-electron chi connectivity index (χ4n) is 6.30. The molecule has 1 saturated heterocycles. The molecule has 0 saturated carbocycles. The second kappa shape index (κ2) is 18.6. The Hall–Kier alpha value is -2.20. The third-order valence-corrected chi connectivity index (χ3v) is 8.97. The number of methoxy groups -OCH3 is 1. The molecule has 1 heterocycles. The van der Waals surface area contributed by atoms with E-state index in [9.17, 15) is 24.9 Å². The van der Waals surface area contributed by atoms with E-state index in [1.165, 1.54) is 0 Å². The van der Waals surface area contributed by atoms with E-state index >= 15 is 0 Å². The molecule has 1 fully saturated rings. The molecule has 9 nitrogen and oxygen atoms in total. The summed E-state index contributed by atoms with van der Waals surface area (Å²) in [5.41, 5.74) is 6.36. The molecule has 0 bridgehead atoms. The summed E-state index contributed by atoms with van der Waals surface area (Å²) in [7, 11) is 1.58. The van der Waals surface area contributed by atoms with E-state index in [1.807, 2.05) is 73.6 Å². The third-order valence-electron chi connectivity index (χ3n) is 8.97. The summed E-state index contributed by atoms with van der Waals surface area (Å²) in [6.45, 7) is 17.3. The van der Waals surface area contributed by atoms with Crippen LogP contribution >= 0.6 is 0 Å². The average molecular weight is 610 g/mol. The predicted molar refractivity (Wildman–Crippen MR) is 169 cm³/mol. The van der Waals surface area contributed by atoms with Gasteiger partial charge in [-0.2, -0.15) is 0 Å². The summed E-state index contributed by atoms with van der Waals surface area (Å²) < 4.78 is 16.5. The van der Waals surface area contributed by atoms with E-state index in [-0.39, 0.29) is 59.9 Å². The molecule has 1 amide bonds. The molecular weight excluding hydrogens is 550 g/mol. The van der Waals surface area contributed by atoms with E-state index in [2.05, 4.69) is 0 Å². The van der Waals surface area contributed by atoms with Crippen LogP contribution in [0.2, 0.25) is 0 Å². The second-order valence-electron chi connectivity index (χ2n) is 12.9. The van der Waals surface area contributed by atoms with E-state index < -0.39 is 36.6 Å². The van der Waals surface area contributed by atoms with Gasteiger partial charge in [0.2, 0.25) is 0 Å². The van der Waals surface area contributed by atoms with Gasteiger partial charge in [-0.25, -0.2) is 4.79 Å². The Labute approximate surface area is 259 Å². The van der Waals surface area contributed by atoms with Crippen LogP contribution in [0.3, 0.4) is 0 Å². The standard InChI is InChI=1S/C34H59NO8/c1-11-12-13-21(4)31(43-34(35)40)25(8)30(38)23(6)17-19(2)16-22(5)29(37)20(3)14-15-27(36)18-28-24(7)32(41-10)26(9)33(39)42-28/h12-16,20-32,36-38H,11,17-18H2,1-10H3,(H2,35,40)/b13-12-,15-14-,19-16-/t20?,21?,22-,23-,24-,25-,26?,27?,28?,29-,30+,31-,32-/m0/s1. The summed E-state index contributed by atoms with van der Waals surface area (Å²) in [6.07, 6.45) is 6.78. The summed E-state index contributed by atoms with van der Waals surface area (Å²) in [5.74, 6) is -1.70. The quantitative estimate of drug-likeness (QED) is 0.130. The molecule has 248 valence electrons. The van der Waals surface area contributed by atoms with Gasteiger partial charge in [-0.1, -0.05) is 84.4 Å². The minimum Gasteiger partial charge on any atom is -0.462 e. The van der Waals surface area contributed by atoms with Gasteiger partial charge >= 0.3 is 12.1 Å². The summed E-state index contributed by atoms with van der Waals surface area (Å²) in [6, 6.07) is 0. The van der Waals surface area contributed by atoms with Crippen LogP contribution in [-0.4, -0.2) is 71.1 Å². The molecule has 0 aliphatic carbocycles. The first-order valence-corrected chi connectivity index (χ1v) is 15.8. The molecule has 1 rings (SSSR count). The molecule has 5 unspecified atom stereocenters. The molecule has 0 radical (unpaired) electrons. The van der Waals surface area contributed by atoms with E-state index in [4.69, 9.17) is 19.9 Å². The van der Waals surface area contributed by atoms with Crippen LogP contribution in [0.25, 0.3) is 0 Å². The lowest BCUT2D eigenvalue weighted by Crippen LogP contribution is -2.48. The topological polar surface area (TPSA) is 149 Å². The highest BCUT2D eigenvalue weighted by Crippen LogP contribution is 2.32. The molecule has 1 aliphatic heterocycles. The SMILES string of the molecule is CC/C=C\C(C)[C@H](OC(N)=O)[C@@H](C)[C@H](O)[C@@H](C)C/C(C)=C\[C@H](C)[C@@H](O)C(C)/C=C\C(O)CC1OC(=O)C(C)[C@@H](OC)[C@H]1C. The van der Waals surface area contributed by atoms with Crippen molar-refractivity contribution in [2.24, 2.45) is 47.2 Å². The largest absolute Gasteiger partial charge is 0.462 e. The molecule has 9 heteroatoms. The van der Waals surface area contributed by atoms with Crippen LogP contribution in [-0.2, 0) is 19.0 Å². The Morgan fingerprint density at radius 1 is 1.00 bits per heavy atom. The van der Waals surface area contributed by atoms with Crippen LogP contribution < -0.4 is 5.73 Å². The van der Waals surface area contributed by atoms with Crippen LogP contribution in [0, 0.1) is 41.4 Å². The Bertz CT molecular complexity index is 949. The second-order valence-corrected chi connectivity index (χ2v) is 12.9. The van der Waals surface area contributed by atoms with Crippen molar-refractivity contribution in [3.05, 3.63) is 36.0 Å². The van der Waals surface area contributed by atoms with Gasteiger partial charge in [-0.05, 0) is 32.6 Å². The van der Waals surface area contributed by atoms with Gasteiger partial charge in [-0.15, -0.1) is 0 Å². The van der Waals surface area contributed by atoms with Crippen LogP contribution in [0.1, 0.15) is 81.6 Å². The highest BCUT2D eigenvalue weighted by Gasteiger charge is 2.42. The molecule has 1 aliphatic rings. The molecule has 0 aromatic rings. The zero-order valence-corrected chi connectivity index (χ0v) is 28.0. The monoisotopic (exact) mass is 609 g/mol. The summed E-state index contributed by atoms with van der Waals surface area (Å²) >= 11 is 0. The van der Waals surface area contributed by atoms with Gasteiger partial charge in [0.1, 0.15) is 12.2 Å². The number of carbonyl (C=O) groups is 2. The maximum absolute atomic E-state index is 12.2. The maximum Gasteiger partial charge on any atom is 0.404 e. The lowest BCUT2D eigenvalue weighted by molar-refractivity contribution is -0.182. The molecule has 13 atom stereocenters. The van der Waals surface area contributed by atoms with E-state index in [1.54, 1.807) is 26.2 Å². The van der Waals surface area contributed by atoms with Crippen LogP contribution in [0.5, 0.6) is 0 Å². The number of rotatable bonds is 17. The van der Waals surface area contributed by atoms with Crippen molar-refractivity contribution >= 4 is 12.1 Å². The van der Waals surface area contributed by atoms with Gasteiger partial charge in [0, 0.05) is 43.1 Å². The summed E-state index contributed by atoms with van der Waals surface area (Å²) in [4.78, 5) is 23.8.